The number of carboxylic acids is 1. The molecule has 0 radical (unpaired) electrons. The second kappa shape index (κ2) is 6.81. The van der Waals surface area contributed by atoms with Gasteiger partial charge >= 0.3 is 5.97 Å². The van der Waals surface area contributed by atoms with Gasteiger partial charge in [-0.3, -0.25) is 4.90 Å². The van der Waals surface area contributed by atoms with E-state index in [9.17, 15) is 9.90 Å². The number of piperidine rings is 1. The summed E-state index contributed by atoms with van der Waals surface area (Å²) in [6.45, 7) is 6.87. The maximum atomic E-state index is 11.4. The zero-order valence-electron chi connectivity index (χ0n) is 13.6. The molecule has 1 saturated heterocycles. The van der Waals surface area contributed by atoms with Crippen molar-refractivity contribution in [3.05, 3.63) is 51.0 Å². The third kappa shape index (κ3) is 3.62. The molecule has 5 heteroatoms. The number of benzene rings is 1. The number of hydrogen-bond acceptors (Lipinski definition) is 4. The Bertz CT molecular complexity index is 691. The fraction of sp³-hybridized carbons (Fsp3) is 0.444. The second-order valence-corrected chi connectivity index (χ2v) is 7.47. The summed E-state index contributed by atoms with van der Waals surface area (Å²) >= 11 is 1.81. The van der Waals surface area contributed by atoms with Gasteiger partial charge in [0.15, 0.2) is 0 Å². The first-order chi connectivity index (χ1) is 11.0. The Labute approximate surface area is 140 Å². The van der Waals surface area contributed by atoms with Gasteiger partial charge in [0.2, 0.25) is 0 Å². The molecule has 1 atom stereocenters. The van der Waals surface area contributed by atoms with Crippen molar-refractivity contribution in [2.45, 2.75) is 39.2 Å². The van der Waals surface area contributed by atoms with Crippen LogP contribution in [0.1, 0.15) is 50.3 Å². The Morgan fingerprint density at radius 3 is 2.87 bits per heavy atom. The molecule has 1 unspecified atom stereocenters. The third-order valence-electron chi connectivity index (χ3n) is 4.54. The second-order valence-electron chi connectivity index (χ2n) is 6.23. The van der Waals surface area contributed by atoms with Crippen LogP contribution in [0.2, 0.25) is 0 Å². The van der Waals surface area contributed by atoms with Crippen molar-refractivity contribution in [3.63, 3.8) is 0 Å². The maximum Gasteiger partial charge on any atom is 0.336 e. The van der Waals surface area contributed by atoms with E-state index in [2.05, 4.69) is 18.7 Å². The zero-order valence-corrected chi connectivity index (χ0v) is 14.4. The summed E-state index contributed by atoms with van der Waals surface area (Å²) in [7, 11) is 0. The molecule has 0 bridgehead atoms. The standard InChI is InChI=1S/C18H22N2O2S/c1-12-13(2)23-17(19-12)15-7-5-9-20(11-15)10-14-6-3-4-8-16(14)18(21)22/h3-4,6,8,15H,5,7,9-11H2,1-2H3,(H,21,22). The zero-order chi connectivity index (χ0) is 16.4. The number of aryl methyl sites for hydroxylation is 2. The van der Waals surface area contributed by atoms with Gasteiger partial charge in [0.05, 0.1) is 16.3 Å². The van der Waals surface area contributed by atoms with Crippen LogP contribution in [0.4, 0.5) is 0 Å². The molecule has 0 spiro atoms. The van der Waals surface area contributed by atoms with Crippen LogP contribution in [0.5, 0.6) is 0 Å². The average Bonchev–Trinajstić information content (AvgIpc) is 2.87. The summed E-state index contributed by atoms with van der Waals surface area (Å²) in [5, 5.41) is 10.6. The van der Waals surface area contributed by atoms with Gasteiger partial charge in [-0.2, -0.15) is 0 Å². The van der Waals surface area contributed by atoms with E-state index in [1.165, 1.54) is 16.3 Å². The molecule has 0 amide bonds. The van der Waals surface area contributed by atoms with Crippen LogP contribution in [0.25, 0.3) is 0 Å². The molecule has 0 aliphatic carbocycles. The molecule has 2 aromatic rings. The van der Waals surface area contributed by atoms with Crippen LogP contribution in [-0.4, -0.2) is 34.0 Å². The van der Waals surface area contributed by atoms with E-state index in [4.69, 9.17) is 4.98 Å². The first-order valence-corrected chi connectivity index (χ1v) is 8.83. The van der Waals surface area contributed by atoms with Gasteiger partial charge in [-0.1, -0.05) is 18.2 Å². The highest BCUT2D eigenvalue weighted by molar-refractivity contribution is 7.11. The van der Waals surface area contributed by atoms with Crippen molar-refractivity contribution >= 4 is 17.3 Å². The molecule has 4 nitrogen and oxygen atoms in total. The molecule has 1 N–H and O–H groups in total. The molecular formula is C18H22N2O2S. The first-order valence-electron chi connectivity index (χ1n) is 8.02. The number of likely N-dealkylation sites (tertiary alicyclic amines) is 1. The van der Waals surface area contributed by atoms with E-state index in [1.807, 2.05) is 12.1 Å². The summed E-state index contributed by atoms with van der Waals surface area (Å²) in [5.41, 5.74) is 2.45. The van der Waals surface area contributed by atoms with Crippen LogP contribution in [-0.2, 0) is 6.54 Å². The smallest absolute Gasteiger partial charge is 0.336 e. The summed E-state index contributed by atoms with van der Waals surface area (Å²) in [4.78, 5) is 19.7. The number of thiazole rings is 1. The summed E-state index contributed by atoms with van der Waals surface area (Å²) < 4.78 is 0. The van der Waals surface area contributed by atoms with Gasteiger partial charge in [0, 0.05) is 23.9 Å². The predicted molar refractivity (Wildman–Crippen MR) is 92.2 cm³/mol. The predicted octanol–water partition coefficient (Wildman–Crippen LogP) is 3.84. The molecule has 0 saturated carbocycles. The van der Waals surface area contributed by atoms with Crippen molar-refractivity contribution in [3.8, 4) is 0 Å². The average molecular weight is 330 g/mol. The van der Waals surface area contributed by atoms with Gasteiger partial charge in [-0.15, -0.1) is 11.3 Å². The fourth-order valence-electron chi connectivity index (χ4n) is 3.18. The van der Waals surface area contributed by atoms with Crippen molar-refractivity contribution < 1.29 is 9.90 Å². The Balaban J connectivity index is 1.73. The monoisotopic (exact) mass is 330 g/mol. The van der Waals surface area contributed by atoms with Crippen LogP contribution in [0, 0.1) is 13.8 Å². The molecule has 1 aliphatic heterocycles. The van der Waals surface area contributed by atoms with E-state index in [0.717, 1.165) is 30.8 Å². The lowest BCUT2D eigenvalue weighted by Gasteiger charge is -2.32. The third-order valence-corrected chi connectivity index (χ3v) is 5.78. The molecular weight excluding hydrogens is 308 g/mol. The van der Waals surface area contributed by atoms with Crippen LogP contribution in [0.3, 0.4) is 0 Å². The van der Waals surface area contributed by atoms with E-state index < -0.39 is 5.97 Å². The maximum absolute atomic E-state index is 11.4. The van der Waals surface area contributed by atoms with E-state index in [-0.39, 0.29) is 0 Å². The molecule has 122 valence electrons. The van der Waals surface area contributed by atoms with Crippen molar-refractivity contribution in [2.75, 3.05) is 13.1 Å². The lowest BCUT2D eigenvalue weighted by molar-refractivity contribution is 0.0694. The molecule has 2 heterocycles. The Morgan fingerprint density at radius 2 is 2.17 bits per heavy atom. The minimum atomic E-state index is -0.847. The van der Waals surface area contributed by atoms with E-state index in [0.29, 0.717) is 18.0 Å². The number of carboxylic acid groups (broad SMARTS) is 1. The number of aromatic nitrogens is 1. The number of carbonyl (C=O) groups is 1. The van der Waals surface area contributed by atoms with Crippen LogP contribution < -0.4 is 0 Å². The minimum absolute atomic E-state index is 0.413. The number of rotatable bonds is 4. The van der Waals surface area contributed by atoms with Crippen molar-refractivity contribution in [1.29, 1.82) is 0 Å². The number of aromatic carboxylic acids is 1. The lowest BCUT2D eigenvalue weighted by atomic mass is 9.97. The molecule has 1 aromatic carbocycles. The van der Waals surface area contributed by atoms with Crippen molar-refractivity contribution in [1.82, 2.24) is 9.88 Å². The molecule has 23 heavy (non-hydrogen) atoms. The van der Waals surface area contributed by atoms with Crippen LogP contribution >= 0.6 is 11.3 Å². The van der Waals surface area contributed by atoms with E-state index in [1.54, 1.807) is 23.5 Å². The largest absolute Gasteiger partial charge is 0.478 e. The molecule has 3 rings (SSSR count). The highest BCUT2D eigenvalue weighted by atomic mass is 32.1. The molecule has 1 aliphatic rings. The van der Waals surface area contributed by atoms with Gasteiger partial charge < -0.3 is 5.11 Å². The van der Waals surface area contributed by atoms with Gasteiger partial charge in [-0.05, 0) is 44.9 Å². The van der Waals surface area contributed by atoms with Crippen molar-refractivity contribution in [2.24, 2.45) is 0 Å². The number of nitrogens with zero attached hydrogens (tertiary/aromatic N) is 2. The first kappa shape index (κ1) is 16.1. The van der Waals surface area contributed by atoms with Crippen LogP contribution in [0.15, 0.2) is 24.3 Å². The Morgan fingerprint density at radius 1 is 1.39 bits per heavy atom. The fourth-order valence-corrected chi connectivity index (χ4v) is 4.23. The SMILES string of the molecule is Cc1nc(C2CCCN(Cc3ccccc3C(=O)O)C2)sc1C. The van der Waals surface area contributed by atoms with Gasteiger partial charge in [-0.25, -0.2) is 9.78 Å². The highest BCUT2D eigenvalue weighted by Gasteiger charge is 2.25. The number of hydrogen-bond donors (Lipinski definition) is 1. The topological polar surface area (TPSA) is 53.4 Å². The molecule has 1 aromatic heterocycles. The summed E-state index contributed by atoms with van der Waals surface area (Å²) in [6, 6.07) is 7.31. The highest BCUT2D eigenvalue weighted by Crippen LogP contribution is 2.32. The molecule has 1 fully saturated rings. The van der Waals surface area contributed by atoms with E-state index >= 15 is 0 Å². The van der Waals surface area contributed by atoms with Gasteiger partial charge in [0.1, 0.15) is 0 Å². The Hall–Kier alpha value is -1.72. The van der Waals surface area contributed by atoms with Gasteiger partial charge in [0.25, 0.3) is 0 Å². The Kier molecular flexibility index (Phi) is 4.78. The summed E-state index contributed by atoms with van der Waals surface area (Å²) in [6.07, 6.45) is 2.31. The minimum Gasteiger partial charge on any atom is -0.478 e. The summed E-state index contributed by atoms with van der Waals surface area (Å²) in [5.74, 6) is -0.376. The quantitative estimate of drug-likeness (QED) is 0.925. The normalized spacial score (nSPS) is 19.0. The lowest BCUT2D eigenvalue weighted by Crippen LogP contribution is -2.34.